The molecule has 0 radical (unpaired) electrons. The van der Waals surface area contributed by atoms with E-state index in [0.29, 0.717) is 16.7 Å². The number of carbonyl (C=O) groups excluding carboxylic acids is 4. The van der Waals surface area contributed by atoms with E-state index in [9.17, 15) is 19.2 Å². The van der Waals surface area contributed by atoms with Crippen LogP contribution in [0.3, 0.4) is 0 Å². The van der Waals surface area contributed by atoms with Crippen molar-refractivity contribution >= 4 is 23.6 Å². The van der Waals surface area contributed by atoms with Gasteiger partial charge in [-0.3, -0.25) is 34.9 Å². The van der Waals surface area contributed by atoms with E-state index in [1.165, 1.54) is 0 Å². The highest BCUT2D eigenvalue weighted by molar-refractivity contribution is 6.11. The Kier molecular flexibility index (Phi) is 4.56. The van der Waals surface area contributed by atoms with Crippen molar-refractivity contribution in [2.24, 2.45) is 0 Å². The largest absolute Gasteiger partial charge is 0.274 e. The Hall–Kier alpha value is -3.48. The average molecular weight is 337 g/mol. The number of hydrogen-bond acceptors (Lipinski definition) is 4. The molecule has 0 fully saturated rings. The molecule has 0 spiro atoms. The lowest BCUT2D eigenvalue weighted by atomic mass is 9.98. The molecule has 1 aliphatic heterocycles. The van der Waals surface area contributed by atoms with E-state index in [2.05, 4.69) is 10.9 Å². The van der Waals surface area contributed by atoms with Gasteiger partial charge in [-0.1, -0.05) is 36.4 Å². The van der Waals surface area contributed by atoms with Gasteiger partial charge < -0.3 is 0 Å². The van der Waals surface area contributed by atoms with Gasteiger partial charge in [0.05, 0.1) is 6.42 Å². The van der Waals surface area contributed by atoms with Gasteiger partial charge in [0.25, 0.3) is 17.7 Å². The van der Waals surface area contributed by atoms with Crippen LogP contribution in [0.2, 0.25) is 0 Å². The first-order valence-corrected chi connectivity index (χ1v) is 7.63. The smallest absolute Gasteiger partial charge is 0.269 e. The number of benzene rings is 2. The predicted molar refractivity (Wildman–Crippen MR) is 88.2 cm³/mol. The zero-order valence-corrected chi connectivity index (χ0v) is 13.2. The molecule has 7 heteroatoms. The summed E-state index contributed by atoms with van der Waals surface area (Å²) in [6.45, 7) is -0.457. The van der Waals surface area contributed by atoms with Crippen molar-refractivity contribution in [3.05, 3.63) is 71.3 Å². The molecule has 2 aromatic carbocycles. The molecule has 126 valence electrons. The Labute approximate surface area is 143 Å². The van der Waals surface area contributed by atoms with Gasteiger partial charge in [-0.25, -0.2) is 0 Å². The van der Waals surface area contributed by atoms with Gasteiger partial charge in [-0.05, 0) is 23.8 Å². The topological polar surface area (TPSA) is 95.6 Å². The highest BCUT2D eigenvalue weighted by Crippen LogP contribution is 2.19. The lowest BCUT2D eigenvalue weighted by Gasteiger charge is -2.26. The molecule has 2 aromatic rings. The van der Waals surface area contributed by atoms with E-state index in [1.54, 1.807) is 54.6 Å². The van der Waals surface area contributed by atoms with Crippen molar-refractivity contribution in [1.29, 1.82) is 0 Å². The molecule has 4 amide bonds. The fourth-order valence-corrected chi connectivity index (χ4v) is 2.53. The number of amides is 4. The highest BCUT2D eigenvalue weighted by Gasteiger charge is 2.31. The van der Waals surface area contributed by atoms with E-state index < -0.39 is 30.2 Å². The Morgan fingerprint density at radius 3 is 2.36 bits per heavy atom. The molecule has 1 aliphatic rings. The molecule has 7 nitrogen and oxygen atoms in total. The first-order chi connectivity index (χ1) is 12.1. The maximum Gasteiger partial charge on any atom is 0.269 e. The molecule has 0 saturated heterocycles. The Morgan fingerprint density at radius 2 is 1.60 bits per heavy atom. The molecule has 0 aromatic heterocycles. The molecule has 0 unspecified atom stereocenters. The van der Waals surface area contributed by atoms with E-state index >= 15 is 0 Å². The van der Waals surface area contributed by atoms with Crippen LogP contribution in [0.15, 0.2) is 54.6 Å². The van der Waals surface area contributed by atoms with Crippen LogP contribution in [0, 0.1) is 0 Å². The number of fused-ring (bicyclic) bond motifs is 1. The first kappa shape index (κ1) is 16.4. The van der Waals surface area contributed by atoms with Gasteiger partial charge in [0, 0.05) is 11.1 Å². The number of nitrogens with one attached hydrogen (secondary N) is 2. The van der Waals surface area contributed by atoms with Crippen LogP contribution in [-0.2, 0) is 16.0 Å². The van der Waals surface area contributed by atoms with Crippen LogP contribution in [0.1, 0.15) is 26.3 Å². The summed E-state index contributed by atoms with van der Waals surface area (Å²) in [6, 6.07) is 15.1. The number of imide groups is 1. The summed E-state index contributed by atoms with van der Waals surface area (Å²) >= 11 is 0. The second kappa shape index (κ2) is 6.96. The Balaban J connectivity index is 1.61. The molecule has 0 atom stereocenters. The van der Waals surface area contributed by atoms with Crippen LogP contribution in [0.4, 0.5) is 0 Å². The van der Waals surface area contributed by atoms with E-state index in [4.69, 9.17) is 0 Å². The van der Waals surface area contributed by atoms with Crippen LogP contribution in [0.5, 0.6) is 0 Å². The lowest BCUT2D eigenvalue weighted by Crippen LogP contribution is -2.51. The zero-order valence-electron chi connectivity index (χ0n) is 13.2. The monoisotopic (exact) mass is 337 g/mol. The minimum absolute atomic E-state index is 0.0611. The zero-order chi connectivity index (χ0) is 17.8. The Bertz CT molecular complexity index is 848. The van der Waals surface area contributed by atoms with Gasteiger partial charge in [0.15, 0.2) is 0 Å². The van der Waals surface area contributed by atoms with Gasteiger partial charge in [0.2, 0.25) is 5.91 Å². The summed E-state index contributed by atoms with van der Waals surface area (Å²) in [7, 11) is 0. The summed E-state index contributed by atoms with van der Waals surface area (Å²) in [6.07, 6.45) is 0.0611. The van der Waals surface area contributed by atoms with Gasteiger partial charge >= 0.3 is 0 Å². The SMILES string of the molecule is O=C(CN1C(=O)Cc2ccccc2C1=O)NNC(=O)c1ccccc1. The Morgan fingerprint density at radius 1 is 0.920 bits per heavy atom. The van der Waals surface area contributed by atoms with Crippen molar-refractivity contribution in [3.8, 4) is 0 Å². The molecule has 2 N–H and O–H groups in total. The highest BCUT2D eigenvalue weighted by atomic mass is 16.2. The molecule has 1 heterocycles. The second-order valence-electron chi connectivity index (χ2n) is 5.49. The summed E-state index contributed by atoms with van der Waals surface area (Å²) in [5.41, 5.74) is 5.89. The third-order valence-electron chi connectivity index (χ3n) is 3.79. The second-order valence-corrected chi connectivity index (χ2v) is 5.49. The number of rotatable bonds is 3. The lowest BCUT2D eigenvalue weighted by molar-refractivity contribution is -0.133. The quantitative estimate of drug-likeness (QED) is 0.636. The summed E-state index contributed by atoms with van der Waals surface area (Å²) < 4.78 is 0. The van der Waals surface area contributed by atoms with E-state index in [1.807, 2.05) is 0 Å². The molecule has 0 aliphatic carbocycles. The van der Waals surface area contributed by atoms with Crippen molar-refractivity contribution in [3.63, 3.8) is 0 Å². The number of hydrazine groups is 1. The van der Waals surface area contributed by atoms with Crippen LogP contribution >= 0.6 is 0 Å². The summed E-state index contributed by atoms with van der Waals surface area (Å²) in [5.74, 6) is -2.12. The minimum Gasteiger partial charge on any atom is -0.274 e. The summed E-state index contributed by atoms with van der Waals surface area (Å²) in [4.78, 5) is 49.2. The van der Waals surface area contributed by atoms with Gasteiger partial charge in [-0.15, -0.1) is 0 Å². The molecule has 0 saturated carbocycles. The van der Waals surface area contributed by atoms with E-state index in [-0.39, 0.29) is 6.42 Å². The normalized spacial score (nSPS) is 13.2. The van der Waals surface area contributed by atoms with Gasteiger partial charge in [0.1, 0.15) is 6.54 Å². The predicted octanol–water partition coefficient (Wildman–Crippen LogP) is 0.673. The fraction of sp³-hybridized carbons (Fsp3) is 0.111. The van der Waals surface area contributed by atoms with Crippen LogP contribution < -0.4 is 10.9 Å². The molecular formula is C18H15N3O4. The van der Waals surface area contributed by atoms with Gasteiger partial charge in [-0.2, -0.15) is 0 Å². The van der Waals surface area contributed by atoms with Crippen molar-refractivity contribution in [2.45, 2.75) is 6.42 Å². The minimum atomic E-state index is -0.662. The first-order valence-electron chi connectivity index (χ1n) is 7.63. The molecule has 25 heavy (non-hydrogen) atoms. The maximum atomic E-state index is 12.4. The van der Waals surface area contributed by atoms with Crippen molar-refractivity contribution < 1.29 is 19.2 Å². The molecular weight excluding hydrogens is 322 g/mol. The molecule has 3 rings (SSSR count). The van der Waals surface area contributed by atoms with Crippen LogP contribution in [-0.4, -0.2) is 35.1 Å². The maximum absolute atomic E-state index is 12.4. The standard InChI is InChI=1S/C18H15N3O4/c22-15(19-20-17(24)12-6-2-1-3-7-12)11-21-16(23)10-13-8-4-5-9-14(13)18(21)25/h1-9H,10-11H2,(H,19,22)(H,20,24). The number of carbonyl (C=O) groups is 4. The van der Waals surface area contributed by atoms with Crippen molar-refractivity contribution in [2.75, 3.05) is 6.54 Å². The number of hydrogen-bond donors (Lipinski definition) is 2. The number of nitrogens with zero attached hydrogens (tertiary/aromatic N) is 1. The fourth-order valence-electron chi connectivity index (χ4n) is 2.53. The van der Waals surface area contributed by atoms with E-state index in [0.717, 1.165) is 4.90 Å². The average Bonchev–Trinajstić information content (AvgIpc) is 2.64. The van der Waals surface area contributed by atoms with Crippen molar-refractivity contribution in [1.82, 2.24) is 15.8 Å². The summed E-state index contributed by atoms with van der Waals surface area (Å²) in [5, 5.41) is 0. The van der Waals surface area contributed by atoms with Crippen LogP contribution in [0.25, 0.3) is 0 Å². The third kappa shape index (κ3) is 3.55. The molecule has 0 bridgehead atoms. The third-order valence-corrected chi connectivity index (χ3v) is 3.79.